The smallest absolute Gasteiger partial charge is 1.00 e. The number of benzene rings is 3. The van der Waals surface area contributed by atoms with Crippen LogP contribution in [-0.4, -0.2) is 3.21 Å². The van der Waals surface area contributed by atoms with Gasteiger partial charge in [0.15, 0.2) is 0 Å². The van der Waals surface area contributed by atoms with Crippen molar-refractivity contribution >= 4 is 3.21 Å². The van der Waals surface area contributed by atoms with Crippen molar-refractivity contribution in [3.8, 4) is 11.1 Å². The van der Waals surface area contributed by atoms with Crippen molar-refractivity contribution in [1.82, 2.24) is 0 Å². The Hall–Kier alpha value is -1.53. The van der Waals surface area contributed by atoms with Gasteiger partial charge >= 0.3 is 276 Å². The van der Waals surface area contributed by atoms with E-state index in [1.165, 1.54) is 71.0 Å². The zero-order valence-electron chi connectivity index (χ0n) is 28.8. The molecule has 0 spiro atoms. The summed E-state index contributed by atoms with van der Waals surface area (Å²) < 4.78 is 4.19. The molecular formula is C43H50Cl2Zr. The summed E-state index contributed by atoms with van der Waals surface area (Å²) in [7, 11) is 0. The molecule has 3 aromatic carbocycles. The predicted molar refractivity (Wildman–Crippen MR) is 184 cm³/mol. The van der Waals surface area contributed by atoms with Gasteiger partial charge in [-0.3, -0.25) is 0 Å². The SMILES string of the molecule is CC/[C](c1ccccc1)=[Zr+2](/[C]1=CC(C2(C)C3CC4CC(C3)CC2C4)=CC1C)[CH]1c2cc(C)c(C)cc2-c2cc(C)c(C)cc21.[Cl-].[Cl-]. The molecule has 0 amide bonds. The molecule has 4 fully saturated rings. The zero-order valence-corrected chi connectivity index (χ0v) is 32.8. The van der Waals surface area contributed by atoms with Crippen LogP contribution >= 0.6 is 0 Å². The van der Waals surface area contributed by atoms with Crippen LogP contribution in [0.4, 0.5) is 0 Å². The Bertz CT molecular complexity index is 1690. The van der Waals surface area contributed by atoms with Crippen LogP contribution in [0.5, 0.6) is 0 Å². The second kappa shape index (κ2) is 12.7. The standard InChI is InChI=1S/C17H23.C17H17.C9H10.2ClH.Zr/c1-11-3-4-14(5-11)17(2)15-7-12-6-13(9-15)10-16(17)8-12;1-10-5-14-9-15-6-11(2)13(4)8-17(15)16(14)7-12(10)3;1-2-6-9-7-4-3-5-8-9;;;/h4-5,11-13,15-16H,6-10H2,1-2H3;5-9H,1-4H3;3-5,7-8H,2H2,1H3;2*1H;/q;;;;;+2/p-2. The molecule has 240 valence electrons. The van der Waals surface area contributed by atoms with E-state index in [9.17, 15) is 0 Å². The summed E-state index contributed by atoms with van der Waals surface area (Å²) in [6.45, 7) is 17.0. The first kappa shape index (κ1) is 34.3. The number of hydrogen-bond donors (Lipinski definition) is 0. The van der Waals surface area contributed by atoms with Crippen molar-refractivity contribution in [3.63, 3.8) is 0 Å². The third-order valence-corrected chi connectivity index (χ3v) is 22.5. The molecule has 0 heterocycles. The van der Waals surface area contributed by atoms with E-state index in [1.807, 2.05) is 3.28 Å². The molecule has 4 saturated carbocycles. The molecule has 0 saturated heterocycles. The first-order valence-corrected chi connectivity index (χ1v) is 21.5. The van der Waals surface area contributed by atoms with E-state index in [4.69, 9.17) is 0 Å². The topological polar surface area (TPSA) is 0 Å². The Morgan fingerprint density at radius 3 is 1.74 bits per heavy atom. The molecule has 0 N–H and O–H groups in total. The van der Waals surface area contributed by atoms with Gasteiger partial charge in [-0.2, -0.15) is 0 Å². The molecule has 4 bridgehead atoms. The van der Waals surface area contributed by atoms with E-state index in [0.717, 1.165) is 30.1 Å². The maximum atomic E-state index is 2.86. The minimum absolute atomic E-state index is 0. The minimum Gasteiger partial charge on any atom is -1.00 e. The van der Waals surface area contributed by atoms with Crippen LogP contribution in [0.2, 0.25) is 0 Å². The third-order valence-electron chi connectivity index (χ3n) is 13.3. The van der Waals surface area contributed by atoms with Crippen molar-refractivity contribution in [2.24, 2.45) is 35.0 Å². The summed E-state index contributed by atoms with van der Waals surface area (Å²) in [6, 6.07) is 21.8. The molecule has 1 atom stereocenters. The third kappa shape index (κ3) is 5.20. The molecule has 1 unspecified atom stereocenters. The fourth-order valence-corrected chi connectivity index (χ4v) is 20.3. The maximum absolute atomic E-state index is 2.86. The molecule has 0 nitrogen and oxygen atoms in total. The van der Waals surface area contributed by atoms with Crippen molar-refractivity contribution in [3.05, 3.63) is 115 Å². The van der Waals surface area contributed by atoms with Crippen molar-refractivity contribution in [1.29, 1.82) is 0 Å². The first-order chi connectivity index (χ1) is 21.2. The second-order valence-corrected chi connectivity index (χ2v) is 22.0. The van der Waals surface area contributed by atoms with Crippen molar-refractivity contribution in [2.45, 2.75) is 90.6 Å². The van der Waals surface area contributed by atoms with Gasteiger partial charge in [0, 0.05) is 0 Å². The van der Waals surface area contributed by atoms with Crippen LogP contribution in [0.25, 0.3) is 11.1 Å². The van der Waals surface area contributed by atoms with Gasteiger partial charge in [0.05, 0.1) is 0 Å². The van der Waals surface area contributed by atoms with E-state index >= 15 is 0 Å². The molecular weight excluding hydrogens is 679 g/mol. The molecule has 6 aliphatic carbocycles. The average Bonchev–Trinajstić information content (AvgIpc) is 3.52. The molecule has 9 rings (SSSR count). The van der Waals surface area contributed by atoms with Gasteiger partial charge in [-0.05, 0) is 0 Å². The summed E-state index contributed by atoms with van der Waals surface area (Å²) in [5, 5.41) is 0. The average molecular weight is 729 g/mol. The first-order valence-electron chi connectivity index (χ1n) is 17.6. The zero-order chi connectivity index (χ0) is 30.5. The Kier molecular flexibility index (Phi) is 9.51. The molecule has 0 aliphatic heterocycles. The quantitative estimate of drug-likeness (QED) is 0.341. The number of aryl methyl sites for hydroxylation is 4. The van der Waals surface area contributed by atoms with Crippen LogP contribution in [0.3, 0.4) is 0 Å². The predicted octanol–water partition coefficient (Wildman–Crippen LogP) is 5.17. The van der Waals surface area contributed by atoms with E-state index in [0.29, 0.717) is 15.0 Å². The Morgan fingerprint density at radius 2 is 1.24 bits per heavy atom. The molecule has 6 aliphatic rings. The van der Waals surface area contributed by atoms with Gasteiger partial charge in [0.2, 0.25) is 0 Å². The van der Waals surface area contributed by atoms with Crippen molar-refractivity contribution in [2.75, 3.05) is 0 Å². The summed E-state index contributed by atoms with van der Waals surface area (Å²) >= 11 is -2.58. The molecule has 46 heavy (non-hydrogen) atoms. The number of fused-ring (bicyclic) bond motifs is 3. The number of halogens is 2. The van der Waals surface area contributed by atoms with Crippen LogP contribution in [0, 0.1) is 62.7 Å². The summed E-state index contributed by atoms with van der Waals surface area (Å²) in [5.41, 5.74) is 15.7. The number of hydrogen-bond acceptors (Lipinski definition) is 0. The van der Waals surface area contributed by atoms with E-state index < -0.39 is 21.3 Å². The molecule has 3 aromatic rings. The van der Waals surface area contributed by atoms with Crippen LogP contribution in [0.1, 0.15) is 102 Å². The van der Waals surface area contributed by atoms with Gasteiger partial charge in [-0.15, -0.1) is 0 Å². The van der Waals surface area contributed by atoms with E-state index in [-0.39, 0.29) is 24.8 Å². The summed E-state index contributed by atoms with van der Waals surface area (Å²) in [6.07, 6.45) is 14.3. The van der Waals surface area contributed by atoms with Gasteiger partial charge in [0.1, 0.15) is 0 Å². The normalized spacial score (nSPS) is 28.9. The maximum Gasteiger partial charge on any atom is -1.00 e. The number of rotatable bonds is 5. The largest absolute Gasteiger partial charge is 1.00 e. The fraction of sp³-hybridized carbons (Fsp3) is 0.465. The monoisotopic (exact) mass is 726 g/mol. The van der Waals surface area contributed by atoms with Gasteiger partial charge < -0.3 is 24.8 Å². The molecule has 0 radical (unpaired) electrons. The van der Waals surface area contributed by atoms with Crippen LogP contribution in [-0.2, 0) is 21.3 Å². The Balaban J connectivity index is 0.00000186. The molecule has 3 heteroatoms. The Labute approximate surface area is 298 Å². The van der Waals surface area contributed by atoms with E-state index in [1.54, 1.807) is 19.9 Å². The summed E-state index contributed by atoms with van der Waals surface area (Å²) in [4.78, 5) is 0. The second-order valence-electron chi connectivity index (χ2n) is 15.7. The summed E-state index contributed by atoms with van der Waals surface area (Å²) in [5.74, 6) is 4.37. The van der Waals surface area contributed by atoms with Gasteiger partial charge in [-0.25, -0.2) is 0 Å². The van der Waals surface area contributed by atoms with Crippen LogP contribution in [0.15, 0.2) is 75.6 Å². The molecule has 0 aromatic heterocycles. The van der Waals surface area contributed by atoms with Crippen molar-refractivity contribution < 1.29 is 46.1 Å². The van der Waals surface area contributed by atoms with E-state index in [2.05, 4.69) is 115 Å². The van der Waals surface area contributed by atoms with Gasteiger partial charge in [0.25, 0.3) is 0 Å². The van der Waals surface area contributed by atoms with Crippen LogP contribution < -0.4 is 24.8 Å². The number of allylic oxidation sites excluding steroid dienone is 4. The fourth-order valence-electron chi connectivity index (χ4n) is 10.8. The van der Waals surface area contributed by atoms with Gasteiger partial charge in [-0.1, -0.05) is 0 Å². The minimum atomic E-state index is -2.58. The Morgan fingerprint density at radius 1 is 0.739 bits per heavy atom.